The number of aryl methyl sites for hydroxylation is 1. The highest BCUT2D eigenvalue weighted by Crippen LogP contribution is 2.32. The maximum atomic E-state index is 12.2. The van der Waals surface area contributed by atoms with Gasteiger partial charge in [0.25, 0.3) is 0 Å². The first-order valence-corrected chi connectivity index (χ1v) is 4.68. The molecule has 0 saturated carbocycles. The van der Waals surface area contributed by atoms with E-state index in [9.17, 15) is 18.0 Å². The Bertz CT molecular complexity index is 517. The molecule has 0 heterocycles. The summed E-state index contributed by atoms with van der Waals surface area (Å²) in [5.74, 6) is -1.78. The molecule has 0 N–H and O–H groups in total. The summed E-state index contributed by atoms with van der Waals surface area (Å²) in [6.45, 7) is 1.33. The number of nitrogens with zero attached hydrogens (tertiary/aromatic N) is 1. The van der Waals surface area contributed by atoms with Gasteiger partial charge >= 0.3 is 12.3 Å². The van der Waals surface area contributed by atoms with Gasteiger partial charge in [0.2, 0.25) is 0 Å². The molecule has 0 aromatic heterocycles. The van der Waals surface area contributed by atoms with Gasteiger partial charge in [0.15, 0.2) is 0 Å². The van der Waals surface area contributed by atoms with Crippen molar-refractivity contribution in [3.63, 3.8) is 0 Å². The quantitative estimate of drug-likeness (QED) is 0.766. The van der Waals surface area contributed by atoms with Gasteiger partial charge < -0.3 is 9.47 Å². The summed E-state index contributed by atoms with van der Waals surface area (Å²) in [7, 11) is 1.00. The molecular formula is C11H8F3NO3. The summed E-state index contributed by atoms with van der Waals surface area (Å²) >= 11 is 0. The average molecular weight is 259 g/mol. The van der Waals surface area contributed by atoms with Gasteiger partial charge in [-0.3, -0.25) is 0 Å². The van der Waals surface area contributed by atoms with Gasteiger partial charge in [-0.2, -0.15) is 5.26 Å². The molecule has 0 aliphatic carbocycles. The number of nitriles is 1. The molecule has 0 radical (unpaired) electrons. The number of esters is 1. The van der Waals surface area contributed by atoms with E-state index in [4.69, 9.17) is 5.26 Å². The summed E-state index contributed by atoms with van der Waals surface area (Å²) in [4.78, 5) is 11.4. The molecule has 7 heteroatoms. The molecule has 96 valence electrons. The van der Waals surface area contributed by atoms with Crippen molar-refractivity contribution in [1.82, 2.24) is 0 Å². The predicted octanol–water partition coefficient (Wildman–Crippen LogP) is 2.55. The molecule has 0 aliphatic rings. The molecule has 1 aromatic rings. The van der Waals surface area contributed by atoms with Gasteiger partial charge in [0.05, 0.1) is 12.7 Å². The normalized spacial score (nSPS) is 10.7. The molecule has 4 nitrogen and oxygen atoms in total. The van der Waals surface area contributed by atoms with Gasteiger partial charge in [-0.25, -0.2) is 4.79 Å². The van der Waals surface area contributed by atoms with Crippen LogP contribution in [0, 0.1) is 18.3 Å². The van der Waals surface area contributed by atoms with Crippen LogP contribution in [-0.2, 0) is 4.74 Å². The molecule has 0 fully saturated rings. The topological polar surface area (TPSA) is 59.3 Å². The van der Waals surface area contributed by atoms with E-state index in [2.05, 4.69) is 9.47 Å². The Balaban J connectivity index is 3.47. The van der Waals surface area contributed by atoms with E-state index in [1.807, 2.05) is 0 Å². The zero-order valence-corrected chi connectivity index (χ0v) is 9.46. The van der Waals surface area contributed by atoms with Crippen LogP contribution in [0.25, 0.3) is 0 Å². The Hall–Kier alpha value is -2.23. The number of alkyl halides is 3. The van der Waals surface area contributed by atoms with Crippen molar-refractivity contribution in [1.29, 1.82) is 5.26 Å². The lowest BCUT2D eigenvalue weighted by molar-refractivity contribution is -0.275. The first-order valence-electron chi connectivity index (χ1n) is 4.68. The minimum Gasteiger partial charge on any atom is -0.465 e. The van der Waals surface area contributed by atoms with Crippen LogP contribution in [0.5, 0.6) is 5.75 Å². The summed E-state index contributed by atoms with van der Waals surface area (Å²) in [5, 5.41) is 8.78. The molecule has 0 bridgehead atoms. The fourth-order valence-electron chi connectivity index (χ4n) is 1.33. The van der Waals surface area contributed by atoms with Crippen LogP contribution in [0.3, 0.4) is 0 Å². The highest BCUT2D eigenvalue weighted by molar-refractivity contribution is 5.95. The van der Waals surface area contributed by atoms with Crippen LogP contribution in [0.2, 0.25) is 0 Å². The molecular weight excluding hydrogens is 251 g/mol. The lowest BCUT2D eigenvalue weighted by Gasteiger charge is -2.15. The van der Waals surface area contributed by atoms with Crippen LogP contribution in [-0.4, -0.2) is 19.4 Å². The van der Waals surface area contributed by atoms with E-state index in [0.29, 0.717) is 0 Å². The minimum atomic E-state index is -4.96. The zero-order chi connectivity index (χ0) is 13.9. The predicted molar refractivity (Wildman–Crippen MR) is 53.9 cm³/mol. The Kier molecular flexibility index (Phi) is 3.81. The Morgan fingerprint density at radius 1 is 1.39 bits per heavy atom. The van der Waals surface area contributed by atoms with E-state index in [1.54, 1.807) is 6.07 Å². The number of carbonyl (C=O) groups is 1. The number of halogens is 3. The van der Waals surface area contributed by atoms with Gasteiger partial charge in [0, 0.05) is 0 Å². The molecule has 0 saturated heterocycles. The van der Waals surface area contributed by atoms with Crippen molar-refractivity contribution in [2.24, 2.45) is 0 Å². The average Bonchev–Trinajstić information content (AvgIpc) is 2.29. The van der Waals surface area contributed by atoms with E-state index in [1.165, 1.54) is 19.1 Å². The Labute approximate surface area is 101 Å². The third-order valence-electron chi connectivity index (χ3n) is 2.08. The number of methoxy groups -OCH3 is 1. The number of carbonyl (C=O) groups excluding carboxylic acids is 1. The van der Waals surface area contributed by atoms with Crippen molar-refractivity contribution in [3.8, 4) is 11.8 Å². The first kappa shape index (κ1) is 13.8. The van der Waals surface area contributed by atoms with Crippen LogP contribution in [0.15, 0.2) is 12.1 Å². The second-order valence-electron chi connectivity index (χ2n) is 3.29. The van der Waals surface area contributed by atoms with Crippen molar-refractivity contribution < 1.29 is 27.4 Å². The monoisotopic (exact) mass is 259 g/mol. The second kappa shape index (κ2) is 4.96. The molecule has 18 heavy (non-hydrogen) atoms. The molecule has 1 aromatic carbocycles. The van der Waals surface area contributed by atoms with Crippen LogP contribution >= 0.6 is 0 Å². The lowest BCUT2D eigenvalue weighted by atomic mass is 10.0. The van der Waals surface area contributed by atoms with Crippen LogP contribution < -0.4 is 4.74 Å². The van der Waals surface area contributed by atoms with Gasteiger partial charge in [-0.1, -0.05) is 6.07 Å². The number of hydrogen-bond donors (Lipinski definition) is 0. The van der Waals surface area contributed by atoms with Gasteiger partial charge in [-0.15, -0.1) is 13.2 Å². The van der Waals surface area contributed by atoms with Crippen molar-refractivity contribution in [3.05, 3.63) is 28.8 Å². The molecule has 1 rings (SSSR count). The fraction of sp³-hybridized carbons (Fsp3) is 0.273. The van der Waals surface area contributed by atoms with E-state index in [-0.39, 0.29) is 11.1 Å². The molecule has 0 atom stereocenters. The number of rotatable bonds is 2. The minimum absolute atomic E-state index is 0.0757. The number of ether oxygens (including phenoxy) is 2. The number of hydrogen-bond acceptors (Lipinski definition) is 4. The SMILES string of the molecule is COC(=O)c1c(C#N)ccc(C)c1OC(F)(F)F. The first-order chi connectivity index (χ1) is 8.30. The van der Waals surface area contributed by atoms with E-state index < -0.39 is 23.6 Å². The van der Waals surface area contributed by atoms with E-state index in [0.717, 1.165) is 7.11 Å². The third kappa shape index (κ3) is 2.91. The Morgan fingerprint density at radius 3 is 2.44 bits per heavy atom. The van der Waals surface area contributed by atoms with E-state index >= 15 is 0 Å². The maximum Gasteiger partial charge on any atom is 0.573 e. The van der Waals surface area contributed by atoms with Gasteiger partial charge in [0.1, 0.15) is 17.4 Å². The molecule has 0 aliphatic heterocycles. The fourth-order valence-corrected chi connectivity index (χ4v) is 1.33. The van der Waals surface area contributed by atoms with Crippen LogP contribution in [0.4, 0.5) is 13.2 Å². The maximum absolute atomic E-state index is 12.2. The summed E-state index contributed by atoms with van der Waals surface area (Å²) in [5.41, 5.74) is -0.698. The third-order valence-corrected chi connectivity index (χ3v) is 2.08. The summed E-state index contributed by atoms with van der Waals surface area (Å²) < 4.78 is 44.9. The number of benzene rings is 1. The highest BCUT2D eigenvalue weighted by atomic mass is 19.4. The molecule has 0 unspecified atom stereocenters. The van der Waals surface area contributed by atoms with Crippen molar-refractivity contribution >= 4 is 5.97 Å². The largest absolute Gasteiger partial charge is 0.573 e. The summed E-state index contributed by atoms with van der Waals surface area (Å²) in [6, 6.07) is 4.10. The lowest BCUT2D eigenvalue weighted by Crippen LogP contribution is -2.20. The molecule has 0 amide bonds. The van der Waals surface area contributed by atoms with Crippen LogP contribution in [0.1, 0.15) is 21.5 Å². The standard InChI is InChI=1S/C11H8F3NO3/c1-6-3-4-7(5-15)8(10(16)17-2)9(6)18-11(12,13)14/h3-4H,1-2H3. The second-order valence-corrected chi connectivity index (χ2v) is 3.29. The smallest absolute Gasteiger partial charge is 0.465 e. The van der Waals surface area contributed by atoms with Gasteiger partial charge in [-0.05, 0) is 18.6 Å². The Morgan fingerprint density at radius 2 is 2.00 bits per heavy atom. The zero-order valence-electron chi connectivity index (χ0n) is 9.46. The van der Waals surface area contributed by atoms with Crippen molar-refractivity contribution in [2.75, 3.05) is 7.11 Å². The summed E-state index contributed by atoms with van der Waals surface area (Å²) in [6.07, 6.45) is -4.96. The highest BCUT2D eigenvalue weighted by Gasteiger charge is 2.35. The van der Waals surface area contributed by atoms with Crippen molar-refractivity contribution in [2.45, 2.75) is 13.3 Å². The molecule has 0 spiro atoms.